The molecule has 4 unspecified atom stereocenters. The van der Waals surface area contributed by atoms with Crippen molar-refractivity contribution >= 4 is 5.91 Å². The zero-order valence-corrected chi connectivity index (χ0v) is 11.8. The van der Waals surface area contributed by atoms with Crippen molar-refractivity contribution < 1.29 is 4.79 Å². The summed E-state index contributed by atoms with van der Waals surface area (Å²) in [7, 11) is 0. The van der Waals surface area contributed by atoms with Gasteiger partial charge in [-0.2, -0.15) is 0 Å². The average molecular weight is 240 g/mol. The Labute approximate surface area is 106 Å². The third kappa shape index (κ3) is 3.44. The van der Waals surface area contributed by atoms with Gasteiger partial charge in [-0.15, -0.1) is 0 Å². The van der Waals surface area contributed by atoms with Crippen LogP contribution in [0.3, 0.4) is 0 Å². The van der Waals surface area contributed by atoms with Gasteiger partial charge in [0.25, 0.3) is 0 Å². The lowest BCUT2D eigenvalue weighted by Crippen LogP contribution is -2.46. The van der Waals surface area contributed by atoms with Crippen molar-refractivity contribution in [2.24, 2.45) is 17.6 Å². The first-order valence-electron chi connectivity index (χ1n) is 7.07. The van der Waals surface area contributed by atoms with Gasteiger partial charge in [0.05, 0.1) is 0 Å². The van der Waals surface area contributed by atoms with Crippen LogP contribution in [-0.4, -0.2) is 29.4 Å². The minimum absolute atomic E-state index is 0.162. The van der Waals surface area contributed by atoms with E-state index < -0.39 is 0 Å². The molecular formula is C14H28N2O. The maximum Gasteiger partial charge on any atom is 0.225 e. The number of nitrogens with two attached hydrogens (primary N) is 1. The first kappa shape index (κ1) is 14.5. The maximum atomic E-state index is 12.5. The normalized spacial score (nSPS) is 31.0. The van der Waals surface area contributed by atoms with Gasteiger partial charge in [-0.3, -0.25) is 4.79 Å². The molecule has 1 amide bonds. The molecule has 4 atom stereocenters. The molecule has 0 aromatic carbocycles. The molecule has 0 radical (unpaired) electrons. The van der Waals surface area contributed by atoms with Crippen molar-refractivity contribution in [2.75, 3.05) is 6.54 Å². The highest BCUT2D eigenvalue weighted by molar-refractivity contribution is 5.79. The Balaban J connectivity index is 2.62. The van der Waals surface area contributed by atoms with Crippen molar-refractivity contribution in [3.8, 4) is 0 Å². The fraction of sp³-hybridized carbons (Fsp3) is 0.929. The number of hydrogen-bond donors (Lipinski definition) is 1. The largest absolute Gasteiger partial charge is 0.340 e. The Bertz CT molecular complexity index is 255. The van der Waals surface area contributed by atoms with Gasteiger partial charge in [0, 0.05) is 24.5 Å². The maximum absolute atomic E-state index is 12.5. The third-order valence-corrected chi connectivity index (χ3v) is 4.35. The molecule has 2 N–H and O–H groups in total. The molecule has 0 aliphatic heterocycles. The number of carbonyl (C=O) groups is 1. The van der Waals surface area contributed by atoms with Crippen molar-refractivity contribution in [3.63, 3.8) is 0 Å². The van der Waals surface area contributed by atoms with Crippen LogP contribution in [0.2, 0.25) is 0 Å². The minimum Gasteiger partial charge on any atom is -0.340 e. The van der Waals surface area contributed by atoms with E-state index in [4.69, 9.17) is 5.73 Å². The molecule has 0 bridgehead atoms. The lowest BCUT2D eigenvalue weighted by molar-refractivity contribution is -0.139. The van der Waals surface area contributed by atoms with Gasteiger partial charge in [0.2, 0.25) is 5.91 Å². The molecule has 1 fully saturated rings. The Morgan fingerprint density at radius 2 is 2.06 bits per heavy atom. The fourth-order valence-corrected chi connectivity index (χ4v) is 2.72. The molecule has 0 saturated heterocycles. The molecule has 17 heavy (non-hydrogen) atoms. The summed E-state index contributed by atoms with van der Waals surface area (Å²) in [5.74, 6) is 1.05. The van der Waals surface area contributed by atoms with E-state index in [0.717, 1.165) is 32.2 Å². The molecule has 1 aliphatic rings. The van der Waals surface area contributed by atoms with Crippen LogP contribution in [0.4, 0.5) is 0 Å². The molecule has 1 rings (SSSR count). The van der Waals surface area contributed by atoms with Crippen LogP contribution >= 0.6 is 0 Å². The fourth-order valence-electron chi connectivity index (χ4n) is 2.72. The monoisotopic (exact) mass is 240 g/mol. The van der Waals surface area contributed by atoms with Gasteiger partial charge in [-0.25, -0.2) is 0 Å². The first-order valence-corrected chi connectivity index (χ1v) is 7.07. The van der Waals surface area contributed by atoms with E-state index in [-0.39, 0.29) is 12.0 Å². The Morgan fingerprint density at radius 3 is 2.53 bits per heavy atom. The summed E-state index contributed by atoms with van der Waals surface area (Å²) < 4.78 is 0. The van der Waals surface area contributed by atoms with Crippen molar-refractivity contribution in [3.05, 3.63) is 0 Å². The topological polar surface area (TPSA) is 46.3 Å². The molecule has 1 aliphatic carbocycles. The van der Waals surface area contributed by atoms with Crippen LogP contribution in [0.15, 0.2) is 0 Å². The predicted octanol–water partition coefficient (Wildman–Crippen LogP) is 2.40. The van der Waals surface area contributed by atoms with Gasteiger partial charge in [-0.05, 0) is 45.4 Å². The van der Waals surface area contributed by atoms with Crippen LogP contribution in [-0.2, 0) is 4.79 Å². The number of rotatable bonds is 4. The van der Waals surface area contributed by atoms with E-state index in [1.807, 2.05) is 4.90 Å². The van der Waals surface area contributed by atoms with E-state index in [9.17, 15) is 4.79 Å². The summed E-state index contributed by atoms with van der Waals surface area (Å²) in [4.78, 5) is 14.5. The molecule has 0 spiro atoms. The van der Waals surface area contributed by atoms with Crippen LogP contribution in [0.1, 0.15) is 53.4 Å². The lowest BCUT2D eigenvalue weighted by atomic mass is 9.79. The SMILES string of the molecule is CCC(C)N(CC)C(=O)C1CCC(C)C(N)C1. The standard InChI is InChI=1S/C14H28N2O/c1-5-11(4)16(6-2)14(17)12-8-7-10(3)13(15)9-12/h10-13H,5-9,15H2,1-4H3. The van der Waals surface area contributed by atoms with E-state index in [0.29, 0.717) is 17.9 Å². The summed E-state index contributed by atoms with van der Waals surface area (Å²) in [6, 6.07) is 0.552. The van der Waals surface area contributed by atoms with Gasteiger partial charge in [0.15, 0.2) is 0 Å². The van der Waals surface area contributed by atoms with Gasteiger partial charge < -0.3 is 10.6 Å². The first-order chi connectivity index (χ1) is 8.01. The van der Waals surface area contributed by atoms with Crippen LogP contribution in [0.5, 0.6) is 0 Å². The van der Waals surface area contributed by atoms with Gasteiger partial charge >= 0.3 is 0 Å². The molecular weight excluding hydrogens is 212 g/mol. The Hall–Kier alpha value is -0.570. The van der Waals surface area contributed by atoms with Crippen molar-refractivity contribution in [2.45, 2.75) is 65.5 Å². The lowest BCUT2D eigenvalue weighted by Gasteiger charge is -2.36. The van der Waals surface area contributed by atoms with Gasteiger partial charge in [-0.1, -0.05) is 13.8 Å². The van der Waals surface area contributed by atoms with Crippen molar-refractivity contribution in [1.29, 1.82) is 0 Å². The minimum atomic E-state index is 0.162. The molecule has 0 aromatic heterocycles. The molecule has 3 nitrogen and oxygen atoms in total. The van der Waals surface area contributed by atoms with Crippen LogP contribution in [0.25, 0.3) is 0 Å². The molecule has 3 heteroatoms. The molecule has 100 valence electrons. The van der Waals surface area contributed by atoms with E-state index in [1.165, 1.54) is 0 Å². The van der Waals surface area contributed by atoms with Crippen LogP contribution < -0.4 is 5.73 Å². The third-order valence-electron chi connectivity index (χ3n) is 4.35. The summed E-state index contributed by atoms with van der Waals surface area (Å²) in [6.07, 6.45) is 4.00. The van der Waals surface area contributed by atoms with E-state index in [1.54, 1.807) is 0 Å². The summed E-state index contributed by atoms with van der Waals surface area (Å²) >= 11 is 0. The van der Waals surface area contributed by atoms with Crippen LogP contribution in [0, 0.1) is 11.8 Å². The smallest absolute Gasteiger partial charge is 0.225 e. The summed E-state index contributed by atoms with van der Waals surface area (Å²) in [5.41, 5.74) is 6.09. The predicted molar refractivity (Wildman–Crippen MR) is 71.6 cm³/mol. The quantitative estimate of drug-likeness (QED) is 0.820. The zero-order chi connectivity index (χ0) is 13.0. The number of nitrogens with zero attached hydrogens (tertiary/aromatic N) is 1. The zero-order valence-electron chi connectivity index (χ0n) is 11.8. The number of carbonyl (C=O) groups excluding carboxylic acids is 1. The summed E-state index contributed by atoms with van der Waals surface area (Å²) in [5, 5.41) is 0. The summed E-state index contributed by atoms with van der Waals surface area (Å²) in [6.45, 7) is 9.34. The Morgan fingerprint density at radius 1 is 1.41 bits per heavy atom. The highest BCUT2D eigenvalue weighted by Crippen LogP contribution is 2.29. The second-order valence-corrected chi connectivity index (χ2v) is 5.53. The molecule has 0 aromatic rings. The molecule has 0 heterocycles. The van der Waals surface area contributed by atoms with E-state index >= 15 is 0 Å². The highest BCUT2D eigenvalue weighted by Gasteiger charge is 2.32. The molecule has 1 saturated carbocycles. The van der Waals surface area contributed by atoms with E-state index in [2.05, 4.69) is 27.7 Å². The van der Waals surface area contributed by atoms with Gasteiger partial charge in [0.1, 0.15) is 0 Å². The average Bonchev–Trinajstić information content (AvgIpc) is 2.33. The Kier molecular flexibility index (Phi) is 5.44. The second kappa shape index (κ2) is 6.39. The number of hydrogen-bond acceptors (Lipinski definition) is 2. The van der Waals surface area contributed by atoms with Crippen molar-refractivity contribution in [1.82, 2.24) is 4.90 Å². The second-order valence-electron chi connectivity index (χ2n) is 5.53. The number of amides is 1. The highest BCUT2D eigenvalue weighted by atomic mass is 16.2.